The third-order valence-electron chi connectivity index (χ3n) is 5.62. The highest BCUT2D eigenvalue weighted by atomic mass is 35.5. The summed E-state index contributed by atoms with van der Waals surface area (Å²) in [5.74, 6) is 0.173. The van der Waals surface area contributed by atoms with Crippen LogP contribution in [0.5, 0.6) is 5.75 Å². The maximum atomic E-state index is 13.0. The van der Waals surface area contributed by atoms with E-state index in [1.165, 1.54) is 17.0 Å². The van der Waals surface area contributed by atoms with Gasteiger partial charge in [-0.1, -0.05) is 51.8 Å². The predicted octanol–water partition coefficient (Wildman–Crippen LogP) is 6.97. The molecule has 0 saturated carbocycles. The van der Waals surface area contributed by atoms with E-state index >= 15 is 0 Å². The lowest BCUT2D eigenvalue weighted by Gasteiger charge is -2.24. The van der Waals surface area contributed by atoms with E-state index in [9.17, 15) is 14.7 Å². The number of halogens is 1. The molecule has 0 fully saturated rings. The summed E-state index contributed by atoms with van der Waals surface area (Å²) in [5.41, 5.74) is 10.2. The molecule has 5 N–H and O–H groups in total. The zero-order chi connectivity index (χ0) is 29.2. The number of allylic oxidation sites excluding steroid dienone is 1. The normalized spacial score (nSPS) is 11.6. The Kier molecular flexibility index (Phi) is 15.9. The Morgan fingerprint density at radius 2 is 1.79 bits per heavy atom. The van der Waals surface area contributed by atoms with Crippen molar-refractivity contribution in [3.8, 4) is 5.75 Å². The highest BCUT2D eigenvalue weighted by molar-refractivity contribution is 6.30. The Morgan fingerprint density at radius 1 is 1.13 bits per heavy atom. The van der Waals surface area contributed by atoms with Crippen LogP contribution in [0.2, 0.25) is 5.02 Å². The Bertz CT molecular complexity index is 1130. The number of nitrogens with zero attached hydrogens (tertiary/aromatic N) is 2. The Labute approximate surface area is 237 Å². The van der Waals surface area contributed by atoms with Crippen molar-refractivity contribution in [2.45, 2.75) is 66.2 Å². The third kappa shape index (κ3) is 11.7. The summed E-state index contributed by atoms with van der Waals surface area (Å²) in [6.45, 7) is 8.44. The van der Waals surface area contributed by atoms with Crippen LogP contribution in [-0.2, 0) is 4.79 Å². The van der Waals surface area contributed by atoms with Gasteiger partial charge in [0.15, 0.2) is 0 Å². The predicted molar refractivity (Wildman–Crippen MR) is 161 cm³/mol. The number of carbonyl (C=O) groups is 2. The summed E-state index contributed by atoms with van der Waals surface area (Å²) in [4.78, 5) is 28.4. The van der Waals surface area contributed by atoms with Gasteiger partial charge in [0.2, 0.25) is 0 Å². The molecule has 0 saturated heterocycles. The van der Waals surface area contributed by atoms with E-state index in [4.69, 9.17) is 27.7 Å². The zero-order valence-corrected chi connectivity index (χ0v) is 24.2. The largest absolute Gasteiger partial charge is 0.508 e. The fraction of sp³-hybridized carbons (Fsp3) is 0.400. The number of aliphatic imine (C=N–C) groups is 1. The van der Waals surface area contributed by atoms with E-state index in [0.29, 0.717) is 42.1 Å². The van der Waals surface area contributed by atoms with Crippen molar-refractivity contribution in [2.24, 2.45) is 10.7 Å². The maximum absolute atomic E-state index is 13.0. The Hall–Kier alpha value is -3.65. The van der Waals surface area contributed by atoms with Crippen LogP contribution in [-0.4, -0.2) is 47.0 Å². The van der Waals surface area contributed by atoms with Crippen LogP contribution >= 0.6 is 11.6 Å². The smallest absolute Gasteiger partial charge is 0.323 e. The summed E-state index contributed by atoms with van der Waals surface area (Å²) >= 11 is 6.13. The number of aldehydes is 1. The summed E-state index contributed by atoms with van der Waals surface area (Å²) in [7, 11) is 0. The number of phenolic OH excluding ortho intramolecular Hbond substituents is 1. The van der Waals surface area contributed by atoms with Gasteiger partial charge in [-0.05, 0) is 73.7 Å². The van der Waals surface area contributed by atoms with Crippen molar-refractivity contribution >= 4 is 41.2 Å². The Balaban J connectivity index is 0.00000177. The fourth-order valence-corrected chi connectivity index (χ4v) is 3.78. The minimum absolute atomic E-state index is 0.0647. The average molecular weight is 556 g/mol. The molecular formula is C30H42ClN5O3. The summed E-state index contributed by atoms with van der Waals surface area (Å²) < 4.78 is 0. The zero-order valence-electron chi connectivity index (χ0n) is 23.5. The number of rotatable bonds is 12. The van der Waals surface area contributed by atoms with Crippen molar-refractivity contribution in [3.05, 3.63) is 70.4 Å². The molecule has 8 nitrogen and oxygen atoms in total. The van der Waals surface area contributed by atoms with Gasteiger partial charge in [0.05, 0.1) is 12.2 Å². The van der Waals surface area contributed by atoms with E-state index in [1.54, 1.807) is 12.1 Å². The van der Waals surface area contributed by atoms with Crippen LogP contribution < -0.4 is 11.1 Å². The van der Waals surface area contributed by atoms with E-state index in [2.05, 4.69) is 12.2 Å². The van der Waals surface area contributed by atoms with Gasteiger partial charge >= 0.3 is 6.03 Å². The average Bonchev–Trinajstić information content (AvgIpc) is 2.94. The summed E-state index contributed by atoms with van der Waals surface area (Å²) in [6.07, 6.45) is 5.60. The van der Waals surface area contributed by atoms with Gasteiger partial charge < -0.3 is 21.0 Å². The molecule has 2 rings (SSSR count). The first-order chi connectivity index (χ1) is 18.7. The molecule has 2 amide bonds. The quantitative estimate of drug-likeness (QED) is 0.128. The molecule has 0 aliphatic heterocycles. The van der Waals surface area contributed by atoms with Gasteiger partial charge in [0, 0.05) is 35.0 Å². The first kappa shape index (κ1) is 33.4. The summed E-state index contributed by atoms with van der Waals surface area (Å²) in [6, 6.07) is 13.2. The molecule has 0 spiro atoms. The number of phenols is 1. The van der Waals surface area contributed by atoms with E-state index in [1.807, 2.05) is 45.0 Å². The molecule has 0 unspecified atom stereocenters. The van der Waals surface area contributed by atoms with Crippen LogP contribution in [0.3, 0.4) is 0 Å². The molecule has 212 valence electrons. The van der Waals surface area contributed by atoms with E-state index in [0.717, 1.165) is 42.5 Å². The number of unbranched alkanes of at least 4 members (excludes halogenated alkanes) is 1. The second-order valence-electron chi connectivity index (χ2n) is 8.78. The SMILES string of the molecule is CCC=O.CCCC/C(C(CC)=Nc1cccc(Cl)c1)=C(/N)CNC(=O)N(CCC)C(=N)c1ccc(O)cc1. The third-order valence-corrected chi connectivity index (χ3v) is 5.86. The van der Waals surface area contributed by atoms with Crippen molar-refractivity contribution in [2.75, 3.05) is 13.1 Å². The van der Waals surface area contributed by atoms with E-state index < -0.39 is 6.03 Å². The van der Waals surface area contributed by atoms with Gasteiger partial charge in [0.25, 0.3) is 0 Å². The minimum atomic E-state index is -0.396. The minimum Gasteiger partial charge on any atom is -0.508 e. The van der Waals surface area contributed by atoms with Gasteiger partial charge in [-0.3, -0.25) is 15.3 Å². The highest BCUT2D eigenvalue weighted by Crippen LogP contribution is 2.22. The molecule has 0 atom stereocenters. The number of benzene rings is 2. The van der Waals surface area contributed by atoms with Crippen molar-refractivity contribution in [1.82, 2.24) is 10.2 Å². The molecule has 0 aliphatic rings. The lowest BCUT2D eigenvalue weighted by molar-refractivity contribution is -0.107. The van der Waals surface area contributed by atoms with Crippen LogP contribution in [0.25, 0.3) is 0 Å². The summed E-state index contributed by atoms with van der Waals surface area (Å²) in [5, 5.41) is 21.5. The number of hydrogen-bond donors (Lipinski definition) is 4. The molecule has 0 aliphatic carbocycles. The van der Waals surface area contributed by atoms with E-state index in [-0.39, 0.29) is 18.1 Å². The van der Waals surface area contributed by atoms with Gasteiger partial charge in [0.1, 0.15) is 17.9 Å². The van der Waals surface area contributed by atoms with Gasteiger partial charge in [-0.2, -0.15) is 0 Å². The number of carbonyl (C=O) groups excluding carboxylic acids is 2. The molecule has 2 aromatic rings. The number of hydrogen-bond acceptors (Lipinski definition) is 6. The molecule has 0 heterocycles. The molecule has 0 radical (unpaired) electrons. The molecule has 0 aromatic heterocycles. The van der Waals surface area contributed by atoms with Crippen molar-refractivity contribution < 1.29 is 14.7 Å². The van der Waals surface area contributed by atoms with Crippen LogP contribution in [0.1, 0.15) is 71.8 Å². The van der Waals surface area contributed by atoms with Crippen molar-refractivity contribution in [1.29, 1.82) is 5.41 Å². The van der Waals surface area contributed by atoms with Crippen LogP contribution in [0.15, 0.2) is 64.8 Å². The first-order valence-electron chi connectivity index (χ1n) is 13.4. The first-order valence-corrected chi connectivity index (χ1v) is 13.8. The standard InChI is InChI=1S/C27H36ClN5O2.C3H6O/c1-4-7-11-23(25(6-3)32-21-10-8-9-20(28)17-21)24(29)18-31-27(35)33(16-5-2)26(30)19-12-14-22(34)15-13-19;1-2-3-4/h8-10,12-15,17,30,34H,4-7,11,16,18,29H2,1-3H3,(H,31,35);3H,2H2,1H3/b24-23-,30-26?,32-25?;. The molecule has 2 aromatic carbocycles. The Morgan fingerprint density at radius 3 is 2.33 bits per heavy atom. The fourth-order valence-electron chi connectivity index (χ4n) is 3.59. The number of nitrogens with one attached hydrogen (secondary N) is 2. The lowest BCUT2D eigenvalue weighted by atomic mass is 9.99. The second kappa shape index (κ2) is 18.6. The van der Waals surface area contributed by atoms with Crippen LogP contribution in [0, 0.1) is 5.41 Å². The molecule has 9 heteroatoms. The topological polar surface area (TPSA) is 132 Å². The molecular weight excluding hydrogens is 514 g/mol. The van der Waals surface area contributed by atoms with Gasteiger partial charge in [-0.15, -0.1) is 0 Å². The second-order valence-corrected chi connectivity index (χ2v) is 9.22. The van der Waals surface area contributed by atoms with Gasteiger partial charge in [-0.25, -0.2) is 4.79 Å². The van der Waals surface area contributed by atoms with Crippen LogP contribution in [0.4, 0.5) is 10.5 Å². The highest BCUT2D eigenvalue weighted by Gasteiger charge is 2.20. The number of amides is 2. The number of aromatic hydroxyl groups is 1. The molecule has 0 bridgehead atoms. The molecule has 39 heavy (non-hydrogen) atoms. The monoisotopic (exact) mass is 555 g/mol. The van der Waals surface area contributed by atoms with Crippen molar-refractivity contribution in [3.63, 3.8) is 0 Å². The number of nitrogens with two attached hydrogens (primary N) is 1. The number of urea groups is 1. The maximum Gasteiger partial charge on any atom is 0.323 e. The lowest BCUT2D eigenvalue weighted by Crippen LogP contribution is -2.45. The number of amidine groups is 1.